The number of aromatic nitrogens is 1. The molecule has 2 heterocycles. The summed E-state index contributed by atoms with van der Waals surface area (Å²) in [6, 6.07) is 4.84. The summed E-state index contributed by atoms with van der Waals surface area (Å²) in [7, 11) is -3.15. The summed E-state index contributed by atoms with van der Waals surface area (Å²) in [4.78, 5) is 4.20. The molecule has 1 aliphatic heterocycles. The third-order valence-corrected chi connectivity index (χ3v) is 7.04. The van der Waals surface area contributed by atoms with Crippen LogP contribution in [0.2, 0.25) is 0 Å². The summed E-state index contributed by atoms with van der Waals surface area (Å²) >= 11 is 1.32. The predicted molar refractivity (Wildman–Crippen MR) is 93.5 cm³/mol. The molecule has 24 heavy (non-hydrogen) atoms. The van der Waals surface area contributed by atoms with Gasteiger partial charge in [-0.3, -0.25) is 0 Å². The van der Waals surface area contributed by atoms with Crippen LogP contribution in [0, 0.1) is 5.82 Å². The van der Waals surface area contributed by atoms with Gasteiger partial charge in [0.2, 0.25) is 10.0 Å². The van der Waals surface area contributed by atoms with E-state index in [1.807, 2.05) is 13.0 Å². The summed E-state index contributed by atoms with van der Waals surface area (Å²) in [6.45, 7) is 2.92. The second-order valence-electron chi connectivity index (χ2n) is 5.95. The van der Waals surface area contributed by atoms with Crippen molar-refractivity contribution in [2.75, 3.05) is 18.8 Å². The number of rotatable bonds is 6. The summed E-state index contributed by atoms with van der Waals surface area (Å²) in [5.74, 6) is -0.137. The van der Waals surface area contributed by atoms with Crippen molar-refractivity contribution < 1.29 is 17.5 Å². The average Bonchev–Trinajstić information content (AvgIpc) is 2.97. The Morgan fingerprint density at radius 2 is 2.12 bits per heavy atom. The Balaban J connectivity index is 1.59. The van der Waals surface area contributed by atoms with Gasteiger partial charge in [-0.05, 0) is 31.4 Å². The molecule has 1 saturated heterocycles. The zero-order valence-electron chi connectivity index (χ0n) is 13.6. The molecule has 0 aliphatic carbocycles. The fourth-order valence-electron chi connectivity index (χ4n) is 2.77. The Hall–Kier alpha value is -1.25. The number of piperidine rings is 1. The minimum absolute atomic E-state index is 0.0775. The molecule has 0 spiro atoms. The minimum Gasteiger partial charge on any atom is -0.467 e. The van der Waals surface area contributed by atoms with Crippen molar-refractivity contribution in [2.45, 2.75) is 38.7 Å². The van der Waals surface area contributed by atoms with Crippen molar-refractivity contribution in [1.29, 1.82) is 0 Å². The molecular formula is C16H21FN2O3S2. The first-order chi connectivity index (χ1) is 11.5. The van der Waals surface area contributed by atoms with E-state index in [2.05, 4.69) is 4.98 Å². The van der Waals surface area contributed by atoms with Gasteiger partial charge in [-0.25, -0.2) is 17.1 Å². The summed E-state index contributed by atoms with van der Waals surface area (Å²) in [5, 5.41) is 0.447. The maximum absolute atomic E-state index is 13.7. The SMILES string of the molecule is CCCCS(=O)(=O)N1CCC(Oc2nc3c(F)cccc3s2)CC1. The Bertz CT molecular complexity index is 799. The first-order valence-electron chi connectivity index (χ1n) is 8.19. The van der Waals surface area contributed by atoms with Gasteiger partial charge in [0.15, 0.2) is 0 Å². The molecule has 0 bridgehead atoms. The maximum atomic E-state index is 13.7. The maximum Gasteiger partial charge on any atom is 0.274 e. The molecular weight excluding hydrogens is 351 g/mol. The lowest BCUT2D eigenvalue weighted by molar-refractivity contribution is 0.135. The number of benzene rings is 1. The van der Waals surface area contributed by atoms with Gasteiger partial charge in [0, 0.05) is 13.1 Å². The number of hydrogen-bond acceptors (Lipinski definition) is 5. The van der Waals surface area contributed by atoms with E-state index in [9.17, 15) is 12.8 Å². The van der Waals surface area contributed by atoms with Crippen LogP contribution in [0.5, 0.6) is 5.19 Å². The van der Waals surface area contributed by atoms with Crippen molar-refractivity contribution >= 4 is 31.6 Å². The van der Waals surface area contributed by atoms with Gasteiger partial charge in [-0.1, -0.05) is 30.7 Å². The molecule has 0 amide bonds. The van der Waals surface area contributed by atoms with E-state index < -0.39 is 10.0 Å². The molecule has 1 aromatic heterocycles. The number of hydrogen-bond donors (Lipinski definition) is 0. The fourth-order valence-corrected chi connectivity index (χ4v) is 5.35. The van der Waals surface area contributed by atoms with E-state index in [4.69, 9.17) is 4.74 Å². The van der Waals surface area contributed by atoms with Crippen LogP contribution in [0.3, 0.4) is 0 Å². The number of thiazole rings is 1. The summed E-state index contributed by atoms with van der Waals surface area (Å²) < 4.78 is 46.2. The van der Waals surface area contributed by atoms with Gasteiger partial charge >= 0.3 is 0 Å². The fraction of sp³-hybridized carbons (Fsp3) is 0.562. The van der Waals surface area contributed by atoms with Crippen LogP contribution >= 0.6 is 11.3 Å². The van der Waals surface area contributed by atoms with Crippen molar-refractivity contribution in [3.05, 3.63) is 24.0 Å². The first-order valence-corrected chi connectivity index (χ1v) is 10.6. The molecule has 1 fully saturated rings. The topological polar surface area (TPSA) is 59.5 Å². The molecule has 5 nitrogen and oxygen atoms in total. The second-order valence-corrected chi connectivity index (χ2v) is 9.03. The molecule has 1 aliphatic rings. The Morgan fingerprint density at radius 3 is 2.79 bits per heavy atom. The lowest BCUT2D eigenvalue weighted by atomic mass is 10.1. The monoisotopic (exact) mass is 372 g/mol. The molecule has 1 aromatic carbocycles. The van der Waals surface area contributed by atoms with Gasteiger partial charge in [-0.15, -0.1) is 0 Å². The van der Waals surface area contributed by atoms with E-state index in [1.165, 1.54) is 17.4 Å². The van der Waals surface area contributed by atoms with Crippen LogP contribution in [0.25, 0.3) is 10.2 Å². The third kappa shape index (κ3) is 3.87. The molecule has 0 saturated carbocycles. The summed E-state index contributed by atoms with van der Waals surface area (Å²) in [6.07, 6.45) is 2.74. The summed E-state index contributed by atoms with van der Waals surface area (Å²) in [5.41, 5.74) is 0.331. The molecule has 2 aromatic rings. The van der Waals surface area contributed by atoms with E-state index >= 15 is 0 Å². The van der Waals surface area contributed by atoms with Gasteiger partial charge in [-0.2, -0.15) is 4.98 Å². The van der Waals surface area contributed by atoms with Crippen LogP contribution in [-0.4, -0.2) is 42.7 Å². The van der Waals surface area contributed by atoms with Crippen molar-refractivity contribution in [1.82, 2.24) is 9.29 Å². The van der Waals surface area contributed by atoms with Gasteiger partial charge < -0.3 is 4.74 Å². The third-order valence-electron chi connectivity index (χ3n) is 4.17. The van der Waals surface area contributed by atoms with Crippen LogP contribution in [0.1, 0.15) is 32.6 Å². The zero-order chi connectivity index (χ0) is 17.2. The minimum atomic E-state index is -3.15. The Kier molecular flexibility index (Phi) is 5.36. The van der Waals surface area contributed by atoms with Crippen LogP contribution in [0.4, 0.5) is 4.39 Å². The number of sulfonamides is 1. The molecule has 0 atom stereocenters. The zero-order valence-corrected chi connectivity index (χ0v) is 15.2. The molecule has 0 N–H and O–H groups in total. The van der Waals surface area contributed by atoms with Crippen LogP contribution < -0.4 is 4.74 Å². The predicted octanol–water partition coefficient (Wildman–Crippen LogP) is 3.41. The smallest absolute Gasteiger partial charge is 0.274 e. The molecule has 132 valence electrons. The van der Waals surface area contributed by atoms with Crippen molar-refractivity contribution in [3.63, 3.8) is 0 Å². The number of ether oxygens (including phenoxy) is 1. The lowest BCUT2D eigenvalue weighted by Gasteiger charge is -2.30. The van der Waals surface area contributed by atoms with E-state index in [0.717, 1.165) is 11.1 Å². The van der Waals surface area contributed by atoms with E-state index in [-0.39, 0.29) is 17.7 Å². The second kappa shape index (κ2) is 7.33. The largest absolute Gasteiger partial charge is 0.467 e. The highest BCUT2D eigenvalue weighted by atomic mass is 32.2. The van der Waals surface area contributed by atoms with Crippen LogP contribution in [-0.2, 0) is 10.0 Å². The van der Waals surface area contributed by atoms with Gasteiger partial charge in [0.25, 0.3) is 5.19 Å². The highest BCUT2D eigenvalue weighted by molar-refractivity contribution is 7.89. The Morgan fingerprint density at radius 1 is 1.38 bits per heavy atom. The van der Waals surface area contributed by atoms with Crippen LogP contribution in [0.15, 0.2) is 18.2 Å². The average molecular weight is 372 g/mol. The number of fused-ring (bicyclic) bond motifs is 1. The first kappa shape index (κ1) is 17.6. The molecule has 0 radical (unpaired) electrons. The van der Waals surface area contributed by atoms with Gasteiger partial charge in [0.05, 0.1) is 10.5 Å². The van der Waals surface area contributed by atoms with E-state index in [1.54, 1.807) is 10.4 Å². The lowest BCUT2D eigenvalue weighted by Crippen LogP contribution is -2.42. The highest BCUT2D eigenvalue weighted by Gasteiger charge is 2.28. The number of para-hydroxylation sites is 1. The van der Waals surface area contributed by atoms with Crippen molar-refractivity contribution in [2.24, 2.45) is 0 Å². The Labute approximate surface area is 145 Å². The van der Waals surface area contributed by atoms with Gasteiger partial charge in [0.1, 0.15) is 17.4 Å². The van der Waals surface area contributed by atoms with E-state index in [0.29, 0.717) is 43.1 Å². The molecule has 0 unspecified atom stereocenters. The number of unbranched alkanes of at least 4 members (excludes halogenated alkanes) is 1. The van der Waals surface area contributed by atoms with Crippen molar-refractivity contribution in [3.8, 4) is 5.19 Å². The standard InChI is InChI=1S/C16H21FN2O3S2/c1-2-3-11-24(20,21)19-9-7-12(8-10-19)22-16-18-15-13(17)5-4-6-14(15)23-16/h4-6,12H,2-3,7-11H2,1H3. The quantitative estimate of drug-likeness (QED) is 0.780. The molecule has 8 heteroatoms. The number of nitrogens with zero attached hydrogens (tertiary/aromatic N) is 2. The molecule has 3 rings (SSSR count). The normalized spacial score (nSPS) is 17.4. The highest BCUT2D eigenvalue weighted by Crippen LogP contribution is 2.31. The number of halogens is 1.